The Bertz CT molecular complexity index is 1970. The third-order valence-corrected chi connectivity index (χ3v) is 8.25. The maximum atomic E-state index is 13.2. The molecule has 232 valence electrons. The Kier molecular flexibility index (Phi) is 8.12. The number of rotatable bonds is 6. The smallest absolute Gasteiger partial charge is 0.338 e. The summed E-state index contributed by atoms with van der Waals surface area (Å²) in [7, 11) is 1.85. The zero-order valence-corrected chi connectivity index (χ0v) is 26.8. The first kappa shape index (κ1) is 30.5. The van der Waals surface area contributed by atoms with E-state index >= 15 is 0 Å². The van der Waals surface area contributed by atoms with E-state index in [-0.39, 0.29) is 11.1 Å². The molecule has 0 saturated carbocycles. The third kappa shape index (κ3) is 6.29. The second-order valence-electron chi connectivity index (χ2n) is 10.8. The van der Waals surface area contributed by atoms with Crippen molar-refractivity contribution >= 4 is 80.5 Å². The summed E-state index contributed by atoms with van der Waals surface area (Å²) >= 11 is 24.5. The van der Waals surface area contributed by atoms with Crippen LogP contribution in [-0.4, -0.2) is 59.2 Å². The number of benzene rings is 4. The quantitative estimate of drug-likeness (QED) is 0.158. The molecular formula is C33H21Cl4N3O6. The number of carbonyl (C=O) groups is 2. The Balaban J connectivity index is 1.06. The molecule has 6 aromatic rings. The molecule has 1 saturated heterocycles. The van der Waals surface area contributed by atoms with E-state index < -0.39 is 24.1 Å². The van der Waals surface area contributed by atoms with Crippen molar-refractivity contribution in [3.05, 3.63) is 104 Å². The molecule has 0 aliphatic carbocycles. The van der Waals surface area contributed by atoms with E-state index in [9.17, 15) is 9.59 Å². The van der Waals surface area contributed by atoms with E-state index in [4.69, 9.17) is 64.7 Å². The van der Waals surface area contributed by atoms with Gasteiger partial charge in [0.25, 0.3) is 0 Å². The van der Waals surface area contributed by atoms with Gasteiger partial charge < -0.3 is 18.3 Å². The fourth-order valence-electron chi connectivity index (χ4n) is 5.27. The van der Waals surface area contributed by atoms with E-state index in [2.05, 4.69) is 9.97 Å². The molecule has 0 spiro atoms. The monoisotopic (exact) mass is 695 g/mol. The third-order valence-electron chi connectivity index (χ3n) is 7.38. The SMILES string of the molecule is CN1C[C@@H](OC(=O)c2ccc3nc(-c4cc(Cl)cc(Cl)c4)oc3c2)[C@H](OC(=O)c2ccc3nc(-c4cc(Cl)cc(Cl)c4)oc3c2)C1. The van der Waals surface area contributed by atoms with Crippen LogP contribution in [0.1, 0.15) is 20.7 Å². The summed E-state index contributed by atoms with van der Waals surface area (Å²) in [5.74, 6) is -0.571. The van der Waals surface area contributed by atoms with Gasteiger partial charge in [0.05, 0.1) is 11.1 Å². The molecule has 3 heterocycles. The molecule has 1 aliphatic rings. The van der Waals surface area contributed by atoms with Gasteiger partial charge in [-0.15, -0.1) is 0 Å². The number of oxazole rings is 2. The van der Waals surface area contributed by atoms with Crippen LogP contribution in [0.4, 0.5) is 0 Å². The maximum absolute atomic E-state index is 13.2. The predicted molar refractivity (Wildman–Crippen MR) is 175 cm³/mol. The highest BCUT2D eigenvalue weighted by atomic mass is 35.5. The lowest BCUT2D eigenvalue weighted by Crippen LogP contribution is -2.34. The van der Waals surface area contributed by atoms with E-state index in [0.29, 0.717) is 78.3 Å². The zero-order valence-electron chi connectivity index (χ0n) is 23.8. The van der Waals surface area contributed by atoms with Gasteiger partial charge in [0, 0.05) is 44.3 Å². The maximum Gasteiger partial charge on any atom is 0.338 e. The number of esters is 2. The van der Waals surface area contributed by atoms with Gasteiger partial charge in [-0.05, 0) is 79.8 Å². The zero-order chi connectivity index (χ0) is 32.1. The van der Waals surface area contributed by atoms with Gasteiger partial charge in [-0.25, -0.2) is 19.6 Å². The molecule has 13 heteroatoms. The van der Waals surface area contributed by atoms with Crippen molar-refractivity contribution in [1.29, 1.82) is 0 Å². The van der Waals surface area contributed by atoms with Gasteiger partial charge in [-0.2, -0.15) is 0 Å². The Morgan fingerprint density at radius 2 is 1.04 bits per heavy atom. The fraction of sp³-hybridized carbons (Fsp3) is 0.152. The van der Waals surface area contributed by atoms with Crippen LogP contribution in [-0.2, 0) is 9.47 Å². The molecule has 2 atom stereocenters. The average Bonchev–Trinajstić information content (AvgIpc) is 3.71. The Morgan fingerprint density at radius 3 is 1.43 bits per heavy atom. The molecule has 46 heavy (non-hydrogen) atoms. The van der Waals surface area contributed by atoms with Crippen molar-refractivity contribution in [2.45, 2.75) is 12.2 Å². The molecule has 0 N–H and O–H groups in total. The average molecular weight is 697 g/mol. The van der Waals surface area contributed by atoms with Gasteiger partial charge in [0.2, 0.25) is 11.8 Å². The van der Waals surface area contributed by atoms with Gasteiger partial charge in [0.15, 0.2) is 23.4 Å². The summed E-state index contributed by atoms with van der Waals surface area (Å²) < 4.78 is 23.4. The first-order valence-corrected chi connectivity index (χ1v) is 15.4. The molecule has 0 unspecified atom stereocenters. The summed E-state index contributed by atoms with van der Waals surface area (Å²) in [5.41, 5.74) is 3.58. The highest BCUT2D eigenvalue weighted by Gasteiger charge is 2.37. The van der Waals surface area contributed by atoms with Crippen LogP contribution in [0.15, 0.2) is 81.6 Å². The Morgan fingerprint density at radius 1 is 0.652 bits per heavy atom. The minimum atomic E-state index is -0.704. The highest BCUT2D eigenvalue weighted by Crippen LogP contribution is 2.32. The number of nitrogens with zero attached hydrogens (tertiary/aromatic N) is 3. The summed E-state index contributed by atoms with van der Waals surface area (Å²) in [5, 5.41) is 1.77. The van der Waals surface area contributed by atoms with E-state index in [1.165, 1.54) is 0 Å². The number of carbonyl (C=O) groups excluding carboxylic acids is 2. The number of likely N-dealkylation sites (tertiary alicyclic amines) is 1. The second kappa shape index (κ2) is 12.2. The van der Waals surface area contributed by atoms with Crippen LogP contribution in [0.5, 0.6) is 0 Å². The lowest BCUT2D eigenvalue weighted by atomic mass is 10.2. The largest absolute Gasteiger partial charge is 0.453 e. The van der Waals surface area contributed by atoms with Crippen molar-refractivity contribution < 1.29 is 27.9 Å². The van der Waals surface area contributed by atoms with E-state index in [0.717, 1.165) is 0 Å². The number of likely N-dealkylation sites (N-methyl/N-ethyl adjacent to an activating group) is 1. The molecule has 7 rings (SSSR count). The van der Waals surface area contributed by atoms with Crippen molar-refractivity contribution in [3.63, 3.8) is 0 Å². The minimum absolute atomic E-state index is 0.256. The molecule has 0 bridgehead atoms. The molecule has 9 nitrogen and oxygen atoms in total. The van der Waals surface area contributed by atoms with E-state index in [1.54, 1.807) is 72.8 Å². The molecule has 1 aliphatic heterocycles. The number of ether oxygens (including phenoxy) is 2. The summed E-state index contributed by atoms with van der Waals surface area (Å²) in [4.78, 5) is 37.3. The van der Waals surface area contributed by atoms with Gasteiger partial charge in [0.1, 0.15) is 11.0 Å². The summed E-state index contributed by atoms with van der Waals surface area (Å²) in [6, 6.07) is 19.6. The van der Waals surface area contributed by atoms with Gasteiger partial charge in [-0.1, -0.05) is 46.4 Å². The van der Waals surface area contributed by atoms with Gasteiger partial charge >= 0.3 is 11.9 Å². The number of hydrogen-bond donors (Lipinski definition) is 0. The minimum Gasteiger partial charge on any atom is -0.453 e. The first-order valence-electron chi connectivity index (χ1n) is 13.9. The normalized spacial score (nSPS) is 16.7. The molecular weight excluding hydrogens is 676 g/mol. The van der Waals surface area contributed by atoms with Crippen LogP contribution in [0.2, 0.25) is 20.1 Å². The Labute approximate surface area is 281 Å². The van der Waals surface area contributed by atoms with Crippen LogP contribution in [0, 0.1) is 0 Å². The fourth-order valence-corrected chi connectivity index (χ4v) is 6.32. The molecule has 4 aromatic carbocycles. The van der Waals surface area contributed by atoms with Crippen molar-refractivity contribution in [2.24, 2.45) is 0 Å². The number of aromatic nitrogens is 2. The topological polar surface area (TPSA) is 108 Å². The Hall–Kier alpha value is -4.12. The summed E-state index contributed by atoms with van der Waals surface area (Å²) in [6.07, 6.45) is -1.41. The van der Waals surface area contributed by atoms with Crippen molar-refractivity contribution in [3.8, 4) is 22.9 Å². The number of fused-ring (bicyclic) bond motifs is 2. The summed E-state index contributed by atoms with van der Waals surface area (Å²) in [6.45, 7) is 0.751. The molecule has 1 fully saturated rings. The van der Waals surface area contributed by atoms with Crippen LogP contribution < -0.4 is 0 Å². The molecule has 0 radical (unpaired) electrons. The van der Waals surface area contributed by atoms with Gasteiger partial charge in [-0.3, -0.25) is 4.90 Å². The number of halogens is 4. The molecule has 0 amide bonds. The lowest BCUT2D eigenvalue weighted by molar-refractivity contribution is -0.0176. The van der Waals surface area contributed by atoms with Crippen molar-refractivity contribution in [1.82, 2.24) is 14.9 Å². The second-order valence-corrected chi connectivity index (χ2v) is 12.6. The van der Waals surface area contributed by atoms with Crippen LogP contribution in [0.25, 0.3) is 45.1 Å². The van der Waals surface area contributed by atoms with Crippen LogP contribution in [0.3, 0.4) is 0 Å². The highest BCUT2D eigenvalue weighted by molar-refractivity contribution is 6.35. The first-order chi connectivity index (χ1) is 22.1. The lowest BCUT2D eigenvalue weighted by Gasteiger charge is -2.19. The predicted octanol–water partition coefficient (Wildman–Crippen LogP) is 8.61. The number of hydrogen-bond acceptors (Lipinski definition) is 9. The molecule has 2 aromatic heterocycles. The van der Waals surface area contributed by atoms with Crippen LogP contribution >= 0.6 is 46.4 Å². The standard InChI is InChI=1S/C33H21Cl4N3O6/c1-40-14-28(45-32(41)16-2-4-24-26(10-16)43-30(38-24)18-6-20(34)12-21(35)7-18)29(15-40)46-33(42)17-3-5-25-27(11-17)44-31(39-25)19-8-22(36)13-23(37)9-19/h2-13,28-29H,14-15H2,1H3/t28-,29-/m1/s1. The van der Waals surface area contributed by atoms with E-state index in [1.807, 2.05) is 11.9 Å². The van der Waals surface area contributed by atoms with Crippen molar-refractivity contribution in [2.75, 3.05) is 20.1 Å².